The fraction of sp³-hybridized carbons (Fsp3) is 0.294. The first-order valence-electron chi connectivity index (χ1n) is 7.08. The van der Waals surface area contributed by atoms with Crippen LogP contribution >= 0.6 is 0 Å². The van der Waals surface area contributed by atoms with Gasteiger partial charge in [-0.25, -0.2) is 0 Å². The van der Waals surface area contributed by atoms with Gasteiger partial charge in [-0.05, 0) is 19.8 Å². The number of aryl methyl sites for hydroxylation is 1. The van der Waals surface area contributed by atoms with E-state index in [9.17, 15) is 0 Å². The fourth-order valence-electron chi connectivity index (χ4n) is 2.76. The molecule has 1 aromatic carbocycles. The van der Waals surface area contributed by atoms with Crippen LogP contribution in [0.3, 0.4) is 0 Å². The maximum absolute atomic E-state index is 4.46. The topological polar surface area (TPSA) is 41.6 Å². The van der Waals surface area contributed by atoms with E-state index in [0.717, 1.165) is 29.8 Å². The molecule has 102 valence electrons. The maximum Gasteiger partial charge on any atom is 0.116 e. The Morgan fingerprint density at radius 3 is 2.60 bits per heavy atom. The van der Waals surface area contributed by atoms with Gasteiger partial charge in [-0.3, -0.25) is 0 Å². The second-order valence-corrected chi connectivity index (χ2v) is 5.39. The van der Waals surface area contributed by atoms with Crippen molar-refractivity contribution in [2.75, 3.05) is 0 Å². The first-order chi connectivity index (χ1) is 9.75. The van der Waals surface area contributed by atoms with Crippen LogP contribution in [0, 0.1) is 6.92 Å². The number of nitrogens with one attached hydrogen (secondary N) is 1. The van der Waals surface area contributed by atoms with Crippen molar-refractivity contribution in [1.82, 2.24) is 15.4 Å². The van der Waals surface area contributed by atoms with Crippen LogP contribution in [0.1, 0.15) is 31.0 Å². The van der Waals surface area contributed by atoms with Crippen LogP contribution in [0.15, 0.2) is 48.6 Å². The quantitative estimate of drug-likeness (QED) is 0.913. The van der Waals surface area contributed by atoms with E-state index >= 15 is 0 Å². The van der Waals surface area contributed by atoms with E-state index < -0.39 is 0 Å². The smallest absolute Gasteiger partial charge is 0.116 e. The SMILES string of the molecule is CCC1(c2n[nH]nc2-c2ccc(C)cc2)C=CC=CC1. The lowest BCUT2D eigenvalue weighted by Gasteiger charge is -2.28. The van der Waals surface area contributed by atoms with Gasteiger partial charge in [0.2, 0.25) is 0 Å². The number of H-pyrrole nitrogens is 1. The van der Waals surface area contributed by atoms with Crippen LogP contribution < -0.4 is 0 Å². The molecule has 0 bridgehead atoms. The highest BCUT2D eigenvalue weighted by Gasteiger charge is 2.33. The van der Waals surface area contributed by atoms with E-state index in [1.54, 1.807) is 0 Å². The summed E-state index contributed by atoms with van der Waals surface area (Å²) in [5, 5.41) is 11.7. The Labute approximate surface area is 119 Å². The van der Waals surface area contributed by atoms with Gasteiger partial charge in [0.1, 0.15) is 11.4 Å². The zero-order valence-electron chi connectivity index (χ0n) is 11.9. The molecule has 0 fully saturated rings. The third-order valence-corrected chi connectivity index (χ3v) is 4.12. The van der Waals surface area contributed by atoms with Gasteiger partial charge in [0.05, 0.1) is 0 Å². The molecule has 1 N–H and O–H groups in total. The summed E-state index contributed by atoms with van der Waals surface area (Å²) in [6.07, 6.45) is 10.7. The van der Waals surface area contributed by atoms with E-state index in [2.05, 4.69) is 77.8 Å². The number of benzene rings is 1. The Kier molecular flexibility index (Phi) is 3.26. The molecule has 0 saturated heterocycles. The Balaban J connectivity index is 2.08. The fourth-order valence-corrected chi connectivity index (χ4v) is 2.76. The summed E-state index contributed by atoms with van der Waals surface area (Å²) in [4.78, 5) is 0. The highest BCUT2D eigenvalue weighted by molar-refractivity contribution is 5.64. The summed E-state index contributed by atoms with van der Waals surface area (Å²) in [6.45, 7) is 4.30. The maximum atomic E-state index is 4.46. The molecule has 1 heterocycles. The van der Waals surface area contributed by atoms with Crippen molar-refractivity contribution in [1.29, 1.82) is 0 Å². The van der Waals surface area contributed by atoms with Crippen LogP contribution in [-0.4, -0.2) is 15.4 Å². The Bertz CT molecular complexity index is 649. The predicted molar refractivity (Wildman–Crippen MR) is 81.4 cm³/mol. The highest BCUT2D eigenvalue weighted by atomic mass is 15.3. The van der Waals surface area contributed by atoms with Crippen LogP contribution in [0.5, 0.6) is 0 Å². The molecule has 1 atom stereocenters. The van der Waals surface area contributed by atoms with Gasteiger partial charge in [0.15, 0.2) is 0 Å². The van der Waals surface area contributed by atoms with Gasteiger partial charge in [0.25, 0.3) is 0 Å². The van der Waals surface area contributed by atoms with Crippen LogP contribution in [0.4, 0.5) is 0 Å². The molecule has 3 rings (SSSR count). The molecular weight excluding hydrogens is 246 g/mol. The Hall–Kier alpha value is -2.16. The van der Waals surface area contributed by atoms with Gasteiger partial charge in [-0.2, -0.15) is 15.4 Å². The Morgan fingerprint density at radius 1 is 1.15 bits per heavy atom. The second-order valence-electron chi connectivity index (χ2n) is 5.39. The first-order valence-corrected chi connectivity index (χ1v) is 7.08. The number of aromatic nitrogens is 3. The van der Waals surface area contributed by atoms with E-state index in [0.29, 0.717) is 0 Å². The van der Waals surface area contributed by atoms with Crippen molar-refractivity contribution >= 4 is 0 Å². The number of hydrogen-bond donors (Lipinski definition) is 1. The molecule has 0 amide bonds. The van der Waals surface area contributed by atoms with Gasteiger partial charge < -0.3 is 0 Å². The zero-order valence-corrected chi connectivity index (χ0v) is 11.9. The predicted octanol–water partition coefficient (Wildman–Crippen LogP) is 3.94. The molecule has 3 heteroatoms. The summed E-state index contributed by atoms with van der Waals surface area (Å²) < 4.78 is 0. The van der Waals surface area contributed by atoms with Crippen molar-refractivity contribution in [2.24, 2.45) is 0 Å². The van der Waals surface area contributed by atoms with Crippen molar-refractivity contribution in [2.45, 2.75) is 32.1 Å². The molecule has 1 aliphatic carbocycles. The third kappa shape index (κ3) is 2.09. The molecule has 1 aromatic heterocycles. The molecule has 1 unspecified atom stereocenters. The normalized spacial score (nSPS) is 21.3. The van der Waals surface area contributed by atoms with Crippen LogP contribution in [-0.2, 0) is 5.41 Å². The monoisotopic (exact) mass is 265 g/mol. The van der Waals surface area contributed by atoms with Crippen molar-refractivity contribution in [3.05, 3.63) is 59.8 Å². The molecule has 0 saturated carbocycles. The molecule has 20 heavy (non-hydrogen) atoms. The van der Waals surface area contributed by atoms with Crippen molar-refractivity contribution in [3.8, 4) is 11.3 Å². The van der Waals surface area contributed by atoms with Crippen LogP contribution in [0.25, 0.3) is 11.3 Å². The lowest BCUT2D eigenvalue weighted by atomic mass is 9.75. The van der Waals surface area contributed by atoms with Crippen molar-refractivity contribution in [3.63, 3.8) is 0 Å². The second kappa shape index (κ2) is 5.08. The number of nitrogens with zero attached hydrogens (tertiary/aromatic N) is 2. The standard InChI is InChI=1S/C17H19N3/c1-3-17(11-5-4-6-12-17)16-15(18-20-19-16)14-9-7-13(2)8-10-14/h4-11H,3,12H2,1-2H3,(H,18,19,20). The summed E-state index contributed by atoms with van der Waals surface area (Å²) in [6, 6.07) is 8.46. The minimum atomic E-state index is -0.0397. The lowest BCUT2D eigenvalue weighted by Crippen LogP contribution is -2.24. The zero-order chi connectivity index (χ0) is 14.0. The van der Waals surface area contributed by atoms with E-state index in [1.165, 1.54) is 5.56 Å². The van der Waals surface area contributed by atoms with Gasteiger partial charge >= 0.3 is 0 Å². The average molecular weight is 265 g/mol. The minimum Gasteiger partial charge on any atom is -0.197 e. The molecule has 0 radical (unpaired) electrons. The molecule has 0 spiro atoms. The lowest BCUT2D eigenvalue weighted by molar-refractivity contribution is 0.502. The molecule has 3 nitrogen and oxygen atoms in total. The van der Waals surface area contributed by atoms with Crippen LogP contribution in [0.2, 0.25) is 0 Å². The highest BCUT2D eigenvalue weighted by Crippen LogP contribution is 2.38. The summed E-state index contributed by atoms with van der Waals surface area (Å²) in [5.74, 6) is 0. The molecule has 0 aliphatic heterocycles. The molecule has 1 aliphatic rings. The molecular formula is C17H19N3. The summed E-state index contributed by atoms with van der Waals surface area (Å²) in [7, 11) is 0. The average Bonchev–Trinajstić information content (AvgIpc) is 2.99. The van der Waals surface area contributed by atoms with Gasteiger partial charge in [-0.15, -0.1) is 0 Å². The third-order valence-electron chi connectivity index (χ3n) is 4.12. The van der Waals surface area contributed by atoms with E-state index in [1.807, 2.05) is 0 Å². The van der Waals surface area contributed by atoms with Crippen molar-refractivity contribution < 1.29 is 0 Å². The minimum absolute atomic E-state index is 0.0397. The van der Waals surface area contributed by atoms with Gasteiger partial charge in [0, 0.05) is 11.0 Å². The molecule has 2 aromatic rings. The van der Waals surface area contributed by atoms with E-state index in [-0.39, 0.29) is 5.41 Å². The largest absolute Gasteiger partial charge is 0.197 e. The number of hydrogen-bond acceptors (Lipinski definition) is 2. The number of aromatic amines is 1. The van der Waals surface area contributed by atoms with E-state index in [4.69, 9.17) is 0 Å². The number of allylic oxidation sites excluding steroid dienone is 4. The number of rotatable bonds is 3. The van der Waals surface area contributed by atoms with Gasteiger partial charge in [-0.1, -0.05) is 61.1 Å². The summed E-state index contributed by atoms with van der Waals surface area (Å²) >= 11 is 0. The Morgan fingerprint density at radius 2 is 1.95 bits per heavy atom. The summed E-state index contributed by atoms with van der Waals surface area (Å²) in [5.41, 5.74) is 4.35. The first kappa shape index (κ1) is 12.9.